The Labute approximate surface area is 350 Å². The lowest BCUT2D eigenvalue weighted by Gasteiger charge is -2.15. The van der Waals surface area contributed by atoms with Crippen molar-refractivity contribution in [2.24, 2.45) is 0 Å². The lowest BCUT2D eigenvalue weighted by atomic mass is 10.1. The predicted octanol–water partition coefficient (Wildman–Crippen LogP) is 10.1. The van der Waals surface area contributed by atoms with Gasteiger partial charge in [0.05, 0.1) is 26.4 Å². The minimum absolute atomic E-state index is 0.0501. The molecule has 0 aromatic rings. The summed E-state index contributed by atoms with van der Waals surface area (Å²) in [7, 11) is -9.07. The Kier molecular flexibility index (Phi) is 42.7. The third-order valence-electron chi connectivity index (χ3n) is 9.00. The van der Waals surface area contributed by atoms with Gasteiger partial charge >= 0.3 is 27.6 Å². The van der Waals surface area contributed by atoms with E-state index in [-0.39, 0.29) is 12.8 Å². The fraction of sp³-hybridized carbons (Fsp3) is 0.857. The van der Waals surface area contributed by atoms with Gasteiger partial charge in [0, 0.05) is 12.8 Å². The van der Waals surface area contributed by atoms with E-state index in [0.29, 0.717) is 12.8 Å². The summed E-state index contributed by atoms with van der Waals surface area (Å²) in [5.41, 5.74) is 0. The van der Waals surface area contributed by atoms with Gasteiger partial charge in [-0.3, -0.25) is 23.5 Å². The number of carbonyl (C=O) groups is 2. The molecule has 58 heavy (non-hydrogen) atoms. The zero-order valence-corrected chi connectivity index (χ0v) is 37.7. The van der Waals surface area contributed by atoms with Crippen LogP contribution in [0.4, 0.5) is 0 Å². The van der Waals surface area contributed by atoms with E-state index in [1.54, 1.807) is 0 Å². The number of phosphoric acid groups is 2. The first-order valence-electron chi connectivity index (χ1n) is 22.1. The van der Waals surface area contributed by atoms with Gasteiger partial charge in [0.25, 0.3) is 0 Å². The molecule has 16 heteroatoms. The lowest BCUT2D eigenvalue weighted by molar-refractivity contribution is -0.140. The molecular weight excluding hydrogens is 790 g/mol. The van der Waals surface area contributed by atoms with E-state index in [1.165, 1.54) is 89.9 Å². The normalized spacial score (nSPS) is 13.9. The molecule has 0 saturated carbocycles. The summed E-state index contributed by atoms with van der Waals surface area (Å²) in [5, 5.41) is 34.3. The van der Waals surface area contributed by atoms with Crippen LogP contribution in [0.25, 0.3) is 0 Å². The third-order valence-corrected chi connectivity index (χ3v) is 10.8. The molecule has 0 aliphatic rings. The van der Waals surface area contributed by atoms with Crippen molar-refractivity contribution in [3.8, 4) is 0 Å². The van der Waals surface area contributed by atoms with Crippen LogP contribution in [0.5, 0.6) is 0 Å². The van der Waals surface area contributed by atoms with Crippen molar-refractivity contribution in [2.45, 2.75) is 206 Å². The van der Waals surface area contributed by atoms with Crippen LogP contribution in [0.2, 0.25) is 0 Å². The summed E-state index contributed by atoms with van der Waals surface area (Å²) >= 11 is 0. The van der Waals surface area contributed by atoms with Crippen molar-refractivity contribution in [2.75, 3.05) is 26.4 Å². The molecule has 14 nitrogen and oxygen atoms in total. The Hall–Kier alpha value is -1.44. The summed E-state index contributed by atoms with van der Waals surface area (Å²) in [5.74, 6) is -1.59. The van der Waals surface area contributed by atoms with Crippen LogP contribution in [-0.2, 0) is 36.8 Å². The minimum atomic E-state index is -4.70. The maximum Gasteiger partial charge on any atom is 0.589 e. The van der Waals surface area contributed by atoms with Gasteiger partial charge in [0.15, 0.2) is 0 Å². The standard InChI is InChI=1S/C36H67O6P.C6H15O8P/c1-3-5-7-9-11-13-15-17-19-21-23-25-27-29-31-33-35(37)41-43(39,40)42-36(38)34-32-30-28-26-24-22-20-18-16-14-12-10-8-6-4-2;7-1-5(9)3-13-15(11,12)14-4-6(10)2-8/h17-20H,3-16,21-34H2,1-2H3,(H,39,40);5-10H,1-4H2,(H,11,12)/b19-17-,20-18-;. The average Bonchev–Trinajstić information content (AvgIpc) is 3.18. The molecule has 344 valence electrons. The van der Waals surface area contributed by atoms with Gasteiger partial charge in [0.2, 0.25) is 0 Å². The summed E-state index contributed by atoms with van der Waals surface area (Å²) in [6.45, 7) is 2.13. The highest BCUT2D eigenvalue weighted by molar-refractivity contribution is 7.48. The minimum Gasteiger partial charge on any atom is -0.394 e. The molecule has 0 aromatic heterocycles. The van der Waals surface area contributed by atoms with Gasteiger partial charge in [-0.05, 0) is 64.2 Å². The zero-order chi connectivity index (χ0) is 43.6. The predicted molar refractivity (Wildman–Crippen MR) is 229 cm³/mol. The van der Waals surface area contributed by atoms with Crippen molar-refractivity contribution in [3.05, 3.63) is 24.3 Å². The lowest BCUT2D eigenvalue weighted by Crippen LogP contribution is -2.21. The first kappa shape index (κ1) is 58.7. The number of aliphatic hydroxyl groups excluding tert-OH is 4. The first-order valence-corrected chi connectivity index (χ1v) is 25.1. The SMILES string of the molecule is CCCCCCCC/C=C\CCCCCCCC(=O)OP(=O)(O)OC(=O)CCCCCCC/C=C\CCCCCCCC.O=P(O)(OCC(O)CO)OCC(O)CO. The molecule has 2 atom stereocenters. The number of hydrogen-bond donors (Lipinski definition) is 6. The number of phosphoric ester groups is 2. The van der Waals surface area contributed by atoms with Crippen molar-refractivity contribution >= 4 is 27.6 Å². The van der Waals surface area contributed by atoms with Gasteiger partial charge in [-0.15, -0.1) is 0 Å². The van der Waals surface area contributed by atoms with Crippen LogP contribution in [0.15, 0.2) is 24.3 Å². The first-order chi connectivity index (χ1) is 27.8. The molecule has 0 aliphatic heterocycles. The number of carbonyl (C=O) groups excluding carboxylic acids is 2. The van der Waals surface area contributed by atoms with E-state index < -0.39 is 66.2 Å². The van der Waals surface area contributed by atoms with Crippen LogP contribution in [0, 0.1) is 0 Å². The van der Waals surface area contributed by atoms with Crippen molar-refractivity contribution in [3.63, 3.8) is 0 Å². The Morgan fingerprint density at radius 1 is 0.466 bits per heavy atom. The molecular formula is C42H82O14P2. The zero-order valence-electron chi connectivity index (χ0n) is 35.9. The van der Waals surface area contributed by atoms with Gasteiger partial charge in [-0.1, -0.05) is 141 Å². The van der Waals surface area contributed by atoms with Crippen LogP contribution >= 0.6 is 15.6 Å². The molecule has 0 aromatic carbocycles. The van der Waals surface area contributed by atoms with Crippen molar-refractivity contribution in [1.29, 1.82) is 0 Å². The Balaban J connectivity index is 0. The second kappa shape index (κ2) is 42.3. The number of unbranched alkanes of at least 4 members (excludes halogenated alkanes) is 22. The molecule has 0 saturated heterocycles. The number of hydrogen-bond acceptors (Lipinski definition) is 12. The molecule has 0 rings (SSSR count). The summed E-state index contributed by atoms with van der Waals surface area (Å²) in [6, 6.07) is 0. The fourth-order valence-electron chi connectivity index (χ4n) is 5.55. The largest absolute Gasteiger partial charge is 0.589 e. The second-order valence-corrected chi connectivity index (χ2v) is 17.6. The van der Waals surface area contributed by atoms with Crippen molar-refractivity contribution in [1.82, 2.24) is 0 Å². The van der Waals surface area contributed by atoms with E-state index in [1.807, 2.05) is 0 Å². The third kappa shape index (κ3) is 45.6. The molecule has 0 radical (unpaired) electrons. The molecule has 0 bridgehead atoms. The molecule has 6 N–H and O–H groups in total. The maximum absolute atomic E-state index is 12.0. The summed E-state index contributed by atoms with van der Waals surface area (Å²) in [4.78, 5) is 42.5. The van der Waals surface area contributed by atoms with Crippen LogP contribution in [-0.4, -0.2) is 80.8 Å². The Bertz CT molecular complexity index is 1030. The van der Waals surface area contributed by atoms with Crippen LogP contribution in [0.1, 0.15) is 194 Å². The van der Waals surface area contributed by atoms with E-state index in [9.17, 15) is 23.6 Å². The topological polar surface area (TPSA) is 227 Å². The van der Waals surface area contributed by atoms with Gasteiger partial charge in [-0.2, -0.15) is 0 Å². The number of allylic oxidation sites excluding steroid dienone is 4. The molecule has 0 aliphatic carbocycles. The fourth-order valence-corrected chi connectivity index (χ4v) is 7.08. The molecule has 0 heterocycles. The quantitative estimate of drug-likeness (QED) is 0.0191. The van der Waals surface area contributed by atoms with Crippen molar-refractivity contribution < 1.29 is 67.0 Å². The molecule has 0 fully saturated rings. The monoisotopic (exact) mass is 873 g/mol. The smallest absolute Gasteiger partial charge is 0.394 e. The maximum atomic E-state index is 12.0. The summed E-state index contributed by atoms with van der Waals surface area (Å²) < 4.78 is 40.7. The van der Waals surface area contributed by atoms with Gasteiger partial charge in [-0.25, -0.2) is 9.13 Å². The number of aliphatic hydroxyl groups is 4. The highest BCUT2D eigenvalue weighted by Gasteiger charge is 2.30. The van der Waals surface area contributed by atoms with Crippen LogP contribution in [0.3, 0.4) is 0 Å². The molecule has 2 unspecified atom stereocenters. The number of rotatable bonds is 40. The molecule has 0 spiro atoms. The van der Waals surface area contributed by atoms with Gasteiger partial charge in [0.1, 0.15) is 12.2 Å². The van der Waals surface area contributed by atoms with E-state index in [4.69, 9.17) is 25.3 Å². The summed E-state index contributed by atoms with van der Waals surface area (Å²) in [6.07, 6.45) is 36.6. The van der Waals surface area contributed by atoms with E-state index in [0.717, 1.165) is 64.2 Å². The Morgan fingerprint density at radius 3 is 1.03 bits per heavy atom. The van der Waals surface area contributed by atoms with Crippen LogP contribution < -0.4 is 0 Å². The Morgan fingerprint density at radius 2 is 0.741 bits per heavy atom. The average molecular weight is 873 g/mol. The highest BCUT2D eigenvalue weighted by Crippen LogP contribution is 2.44. The second-order valence-electron chi connectivity index (χ2n) is 14.8. The van der Waals surface area contributed by atoms with E-state index in [2.05, 4.69) is 56.2 Å². The van der Waals surface area contributed by atoms with E-state index >= 15 is 0 Å². The van der Waals surface area contributed by atoms with Gasteiger partial charge < -0.3 is 34.4 Å². The highest BCUT2D eigenvalue weighted by atomic mass is 31.2. The molecule has 0 amide bonds.